The molecule has 1 saturated carbocycles. The molecule has 1 aromatic carbocycles. The average molecular weight is 313 g/mol. The van der Waals surface area contributed by atoms with Crippen molar-refractivity contribution in [2.75, 3.05) is 11.9 Å². The second-order valence-corrected chi connectivity index (χ2v) is 7.18. The first-order valence-corrected chi connectivity index (χ1v) is 8.37. The number of hydrogen-bond donors (Lipinski definition) is 2. The van der Waals surface area contributed by atoms with Gasteiger partial charge in [-0.15, -0.1) is 0 Å². The zero-order valence-corrected chi connectivity index (χ0v) is 12.6. The van der Waals surface area contributed by atoms with Gasteiger partial charge in [0.2, 0.25) is 10.0 Å². The van der Waals surface area contributed by atoms with Gasteiger partial charge in [0, 0.05) is 24.4 Å². The predicted octanol–water partition coefficient (Wildman–Crippen LogP) is 2.23. The molecule has 1 fully saturated rings. The Hall–Kier alpha value is -1.67. The lowest BCUT2D eigenvalue weighted by atomic mass is 10.0. The van der Waals surface area contributed by atoms with Crippen LogP contribution in [0, 0.1) is 15.5 Å². The fraction of sp³-hybridized carbons (Fsp3) is 0.538. The fourth-order valence-corrected chi connectivity index (χ4v) is 3.04. The summed E-state index contributed by atoms with van der Waals surface area (Å²) in [4.78, 5) is 10.0. The summed E-state index contributed by atoms with van der Waals surface area (Å²) in [5.74, 6) is 0. The Morgan fingerprint density at radius 3 is 2.52 bits per heavy atom. The quantitative estimate of drug-likeness (QED) is 0.591. The van der Waals surface area contributed by atoms with Gasteiger partial charge < -0.3 is 5.32 Å². The van der Waals surface area contributed by atoms with E-state index in [1.807, 2.05) is 0 Å². The maximum absolute atomic E-state index is 11.4. The van der Waals surface area contributed by atoms with Gasteiger partial charge in [-0.3, -0.25) is 10.1 Å². The molecule has 0 bridgehead atoms. The summed E-state index contributed by atoms with van der Waals surface area (Å²) >= 11 is 0. The van der Waals surface area contributed by atoms with Crippen molar-refractivity contribution in [1.82, 2.24) is 0 Å². The van der Waals surface area contributed by atoms with Gasteiger partial charge in [0.05, 0.1) is 9.82 Å². The Kier molecular flexibility index (Phi) is 4.20. The summed E-state index contributed by atoms with van der Waals surface area (Å²) in [5, 5.41) is 19.1. The van der Waals surface area contributed by atoms with Crippen LogP contribution in [0.4, 0.5) is 11.4 Å². The van der Waals surface area contributed by atoms with E-state index in [0.717, 1.165) is 31.7 Å². The number of anilines is 1. The highest BCUT2D eigenvalue weighted by Gasteiger charge is 2.41. The van der Waals surface area contributed by atoms with Crippen LogP contribution in [-0.2, 0) is 10.0 Å². The minimum atomic E-state index is -3.97. The molecule has 1 aliphatic rings. The first-order valence-electron chi connectivity index (χ1n) is 6.82. The lowest BCUT2D eigenvalue weighted by Gasteiger charge is -2.16. The smallest absolute Gasteiger partial charge is 0.272 e. The highest BCUT2D eigenvalue weighted by atomic mass is 32.2. The summed E-state index contributed by atoms with van der Waals surface area (Å²) in [5.41, 5.74) is 0.376. The van der Waals surface area contributed by atoms with E-state index in [2.05, 4.69) is 12.2 Å². The third-order valence-electron chi connectivity index (χ3n) is 3.84. The third-order valence-corrected chi connectivity index (χ3v) is 4.73. The maximum Gasteiger partial charge on any atom is 0.272 e. The number of nitrogens with two attached hydrogens (primary N) is 1. The molecule has 8 heteroatoms. The zero-order chi connectivity index (χ0) is 15.7. The molecule has 0 saturated heterocycles. The number of nitrogens with one attached hydrogen (secondary N) is 1. The number of rotatable bonds is 7. The molecule has 116 valence electrons. The highest BCUT2D eigenvalue weighted by Crippen LogP contribution is 2.49. The van der Waals surface area contributed by atoms with Gasteiger partial charge in [0.15, 0.2) is 0 Å². The average Bonchev–Trinajstić information content (AvgIpc) is 3.16. The Morgan fingerprint density at radius 1 is 1.38 bits per heavy atom. The van der Waals surface area contributed by atoms with Crippen molar-refractivity contribution >= 4 is 21.4 Å². The van der Waals surface area contributed by atoms with Crippen LogP contribution in [-0.4, -0.2) is 19.9 Å². The number of nitro groups is 1. The molecular weight excluding hydrogens is 294 g/mol. The van der Waals surface area contributed by atoms with E-state index in [1.165, 1.54) is 12.1 Å². The summed E-state index contributed by atoms with van der Waals surface area (Å²) in [6.07, 6.45) is 4.44. The third kappa shape index (κ3) is 3.92. The van der Waals surface area contributed by atoms with Crippen LogP contribution in [0.15, 0.2) is 23.1 Å². The van der Waals surface area contributed by atoms with Crippen LogP contribution in [0.1, 0.15) is 32.6 Å². The SMILES string of the molecule is CCCC1(CNc2cc([N+](=O)[O-])cc(S(N)(=O)=O)c2)CC1. The lowest BCUT2D eigenvalue weighted by molar-refractivity contribution is -0.385. The number of primary sulfonamides is 1. The number of non-ortho nitro benzene ring substituents is 1. The van der Waals surface area contributed by atoms with Crippen molar-refractivity contribution in [3.8, 4) is 0 Å². The largest absolute Gasteiger partial charge is 0.384 e. The van der Waals surface area contributed by atoms with Crippen LogP contribution in [0.3, 0.4) is 0 Å². The van der Waals surface area contributed by atoms with E-state index < -0.39 is 14.9 Å². The lowest BCUT2D eigenvalue weighted by Crippen LogP contribution is -2.16. The first kappa shape index (κ1) is 15.7. The fourth-order valence-electron chi connectivity index (χ4n) is 2.47. The van der Waals surface area contributed by atoms with Crippen LogP contribution < -0.4 is 10.5 Å². The maximum atomic E-state index is 11.4. The Balaban J connectivity index is 2.22. The van der Waals surface area contributed by atoms with Crippen molar-refractivity contribution in [2.45, 2.75) is 37.5 Å². The van der Waals surface area contributed by atoms with Crippen molar-refractivity contribution in [3.05, 3.63) is 28.3 Å². The van der Waals surface area contributed by atoms with Gasteiger partial charge >= 0.3 is 0 Å². The molecule has 7 nitrogen and oxygen atoms in total. The minimum Gasteiger partial charge on any atom is -0.384 e. The summed E-state index contributed by atoms with van der Waals surface area (Å²) in [6.45, 7) is 2.80. The molecule has 0 spiro atoms. The second-order valence-electron chi connectivity index (χ2n) is 5.62. The zero-order valence-electron chi connectivity index (χ0n) is 11.8. The molecule has 0 heterocycles. The normalized spacial score (nSPS) is 16.5. The molecule has 0 amide bonds. The summed E-state index contributed by atoms with van der Waals surface area (Å²) in [6, 6.07) is 3.64. The minimum absolute atomic E-state index is 0.250. The second kappa shape index (κ2) is 5.61. The predicted molar refractivity (Wildman–Crippen MR) is 79.5 cm³/mol. The molecule has 1 aliphatic carbocycles. The highest BCUT2D eigenvalue weighted by molar-refractivity contribution is 7.89. The van der Waals surface area contributed by atoms with E-state index in [4.69, 9.17) is 5.14 Å². The molecule has 2 rings (SSSR count). The van der Waals surface area contributed by atoms with E-state index >= 15 is 0 Å². The van der Waals surface area contributed by atoms with Crippen LogP contribution in [0.2, 0.25) is 0 Å². The van der Waals surface area contributed by atoms with Gasteiger partial charge in [0.25, 0.3) is 5.69 Å². The molecule has 3 N–H and O–H groups in total. The monoisotopic (exact) mass is 313 g/mol. The van der Waals surface area contributed by atoms with Crippen molar-refractivity contribution < 1.29 is 13.3 Å². The number of nitro benzene ring substituents is 1. The van der Waals surface area contributed by atoms with Gasteiger partial charge in [-0.05, 0) is 30.7 Å². The van der Waals surface area contributed by atoms with Gasteiger partial charge in [-0.2, -0.15) is 0 Å². The molecular formula is C13H19N3O4S. The van der Waals surface area contributed by atoms with Crippen LogP contribution in [0.25, 0.3) is 0 Å². The molecule has 21 heavy (non-hydrogen) atoms. The number of hydrogen-bond acceptors (Lipinski definition) is 5. The van der Waals surface area contributed by atoms with E-state index in [-0.39, 0.29) is 16.0 Å². The van der Waals surface area contributed by atoms with Crippen molar-refractivity contribution in [2.24, 2.45) is 10.6 Å². The number of sulfonamides is 1. The Labute approximate surface area is 123 Å². The van der Waals surface area contributed by atoms with Crippen LogP contribution in [0.5, 0.6) is 0 Å². The molecule has 0 aliphatic heterocycles. The summed E-state index contributed by atoms with van der Waals surface area (Å²) in [7, 11) is -3.97. The standard InChI is InChI=1S/C13H19N3O4S/c1-2-3-13(4-5-13)9-15-10-6-11(16(17)18)8-12(7-10)21(14,19)20/h6-8,15H,2-5,9H2,1H3,(H2,14,19,20). The number of benzene rings is 1. The molecule has 0 atom stereocenters. The topological polar surface area (TPSA) is 115 Å². The first-order chi connectivity index (χ1) is 9.76. The number of nitrogens with zero attached hydrogens (tertiary/aromatic N) is 1. The molecule has 0 aromatic heterocycles. The van der Waals surface area contributed by atoms with Gasteiger partial charge in [-0.25, -0.2) is 13.6 Å². The Bertz CT molecular complexity index is 653. The van der Waals surface area contributed by atoms with E-state index in [9.17, 15) is 18.5 Å². The van der Waals surface area contributed by atoms with E-state index in [0.29, 0.717) is 12.2 Å². The molecule has 1 aromatic rings. The van der Waals surface area contributed by atoms with Crippen molar-refractivity contribution in [1.29, 1.82) is 0 Å². The van der Waals surface area contributed by atoms with Gasteiger partial charge in [0.1, 0.15) is 0 Å². The molecule has 0 radical (unpaired) electrons. The van der Waals surface area contributed by atoms with Gasteiger partial charge in [-0.1, -0.05) is 13.3 Å². The Morgan fingerprint density at radius 2 is 2.05 bits per heavy atom. The molecule has 0 unspecified atom stereocenters. The van der Waals surface area contributed by atoms with E-state index in [1.54, 1.807) is 0 Å². The van der Waals surface area contributed by atoms with Crippen LogP contribution >= 0.6 is 0 Å². The summed E-state index contributed by atoms with van der Waals surface area (Å²) < 4.78 is 22.8. The van der Waals surface area contributed by atoms with Crippen molar-refractivity contribution in [3.63, 3.8) is 0 Å².